The number of carbonyl (C=O) groups excluding carboxylic acids is 3. The molecule has 2 rings (SSSR count). The minimum atomic E-state index is -0.743. The predicted octanol–water partition coefficient (Wildman–Crippen LogP) is 0.876. The van der Waals surface area contributed by atoms with Gasteiger partial charge in [-0.05, 0) is 12.1 Å². The Labute approximate surface area is 140 Å². The Morgan fingerprint density at radius 2 is 1.65 bits per heavy atom. The summed E-state index contributed by atoms with van der Waals surface area (Å²) in [4.78, 5) is 39.6. The van der Waals surface area contributed by atoms with Crippen molar-refractivity contribution in [3.05, 3.63) is 40.4 Å². The van der Waals surface area contributed by atoms with Gasteiger partial charge in [-0.3, -0.25) is 14.4 Å². The fraction of sp³-hybridized carbons (Fsp3) is 0.143. The molecular weight excluding hydrogens is 340 g/mol. The molecule has 7 nitrogen and oxygen atoms in total. The molecule has 0 aliphatic heterocycles. The molecule has 0 saturated carbocycles. The van der Waals surface area contributed by atoms with E-state index in [4.69, 9.17) is 23.1 Å². The van der Waals surface area contributed by atoms with Gasteiger partial charge in [-0.15, -0.1) is 11.3 Å². The Kier molecular flexibility index (Phi) is 5.30. The number of aromatic nitrogens is 1. The highest BCUT2D eigenvalue weighted by Gasteiger charge is 2.22. The van der Waals surface area contributed by atoms with Crippen molar-refractivity contribution in [2.75, 3.05) is 13.1 Å². The lowest BCUT2D eigenvalue weighted by molar-refractivity contribution is -0.121. The summed E-state index contributed by atoms with van der Waals surface area (Å²) >= 11 is 7.09. The van der Waals surface area contributed by atoms with Crippen LogP contribution in [0, 0.1) is 0 Å². The summed E-state index contributed by atoms with van der Waals surface area (Å²) < 4.78 is 0. The van der Waals surface area contributed by atoms with Crippen LogP contribution in [0.5, 0.6) is 0 Å². The van der Waals surface area contributed by atoms with Crippen LogP contribution in [0.15, 0.2) is 29.6 Å². The second-order valence-electron chi connectivity index (χ2n) is 4.64. The van der Waals surface area contributed by atoms with Crippen molar-refractivity contribution in [1.82, 2.24) is 9.88 Å². The van der Waals surface area contributed by atoms with E-state index in [1.54, 1.807) is 29.6 Å². The summed E-state index contributed by atoms with van der Waals surface area (Å²) in [6.07, 6.45) is 0. The van der Waals surface area contributed by atoms with Crippen LogP contribution < -0.4 is 11.5 Å². The van der Waals surface area contributed by atoms with Gasteiger partial charge in [-0.2, -0.15) is 0 Å². The van der Waals surface area contributed by atoms with E-state index in [2.05, 4.69) is 4.98 Å². The molecule has 120 valence electrons. The van der Waals surface area contributed by atoms with Crippen molar-refractivity contribution < 1.29 is 14.4 Å². The van der Waals surface area contributed by atoms with E-state index in [-0.39, 0.29) is 5.69 Å². The van der Waals surface area contributed by atoms with Gasteiger partial charge in [0.15, 0.2) is 0 Å². The van der Waals surface area contributed by atoms with Crippen molar-refractivity contribution in [3.63, 3.8) is 0 Å². The number of benzene rings is 1. The zero-order valence-corrected chi connectivity index (χ0v) is 13.4. The molecule has 0 unspecified atom stereocenters. The Morgan fingerprint density at radius 1 is 1.09 bits per heavy atom. The summed E-state index contributed by atoms with van der Waals surface area (Å²) in [5.74, 6) is -2.07. The number of hydrogen-bond acceptors (Lipinski definition) is 5. The maximum atomic E-state index is 12.3. The highest BCUT2D eigenvalue weighted by molar-refractivity contribution is 7.13. The fourth-order valence-corrected chi connectivity index (χ4v) is 2.76. The molecule has 0 bridgehead atoms. The summed E-state index contributed by atoms with van der Waals surface area (Å²) in [7, 11) is 0. The van der Waals surface area contributed by atoms with E-state index >= 15 is 0 Å². The molecular formula is C14H13ClN4O3S. The van der Waals surface area contributed by atoms with Gasteiger partial charge in [-0.25, -0.2) is 4.98 Å². The van der Waals surface area contributed by atoms with E-state index < -0.39 is 30.8 Å². The number of halogens is 1. The SMILES string of the molecule is NC(=O)CN(CC(N)=O)C(=O)c1csc(-c2ccc(Cl)cc2)n1. The standard InChI is InChI=1S/C14H13ClN4O3S/c15-9-3-1-8(2-4-9)13-18-10(7-23-13)14(22)19(5-11(16)20)6-12(17)21/h1-4,7H,5-6H2,(H2,16,20)(H2,17,21). The smallest absolute Gasteiger partial charge is 0.274 e. The van der Waals surface area contributed by atoms with Gasteiger partial charge in [0.2, 0.25) is 11.8 Å². The summed E-state index contributed by atoms with van der Waals surface area (Å²) in [6.45, 7) is -0.814. The van der Waals surface area contributed by atoms with Gasteiger partial charge in [-0.1, -0.05) is 23.7 Å². The van der Waals surface area contributed by atoms with Crippen molar-refractivity contribution in [3.8, 4) is 10.6 Å². The second kappa shape index (κ2) is 7.21. The summed E-state index contributed by atoms with van der Waals surface area (Å²) in [5, 5.41) is 2.75. The van der Waals surface area contributed by atoms with E-state index in [9.17, 15) is 14.4 Å². The zero-order valence-electron chi connectivity index (χ0n) is 11.9. The van der Waals surface area contributed by atoms with Gasteiger partial charge in [0.25, 0.3) is 5.91 Å². The number of nitrogens with zero attached hydrogens (tertiary/aromatic N) is 2. The molecule has 1 aromatic carbocycles. The van der Waals surface area contributed by atoms with E-state index in [1.807, 2.05) is 0 Å². The molecule has 9 heteroatoms. The van der Waals surface area contributed by atoms with E-state index in [1.165, 1.54) is 11.3 Å². The number of carbonyl (C=O) groups is 3. The molecule has 3 amide bonds. The zero-order chi connectivity index (χ0) is 17.0. The Hall–Kier alpha value is -2.45. The van der Waals surface area contributed by atoms with Crippen LogP contribution in [0.25, 0.3) is 10.6 Å². The topological polar surface area (TPSA) is 119 Å². The van der Waals surface area contributed by atoms with Crippen LogP contribution in [-0.4, -0.2) is 40.7 Å². The molecule has 4 N–H and O–H groups in total. The molecule has 2 aromatic rings. The lowest BCUT2D eigenvalue weighted by Gasteiger charge is -2.17. The Balaban J connectivity index is 2.23. The second-order valence-corrected chi connectivity index (χ2v) is 5.93. The van der Waals surface area contributed by atoms with Crippen molar-refractivity contribution in [2.24, 2.45) is 11.5 Å². The van der Waals surface area contributed by atoms with Crippen molar-refractivity contribution in [1.29, 1.82) is 0 Å². The first-order valence-corrected chi connectivity index (χ1v) is 7.70. The predicted molar refractivity (Wildman–Crippen MR) is 86.9 cm³/mol. The first-order valence-electron chi connectivity index (χ1n) is 6.44. The van der Waals surface area contributed by atoms with Crippen LogP contribution in [0.2, 0.25) is 5.02 Å². The highest BCUT2D eigenvalue weighted by Crippen LogP contribution is 2.25. The third-order valence-corrected chi connectivity index (χ3v) is 3.94. The van der Waals surface area contributed by atoms with Gasteiger partial charge in [0.05, 0.1) is 0 Å². The fourth-order valence-electron chi connectivity index (χ4n) is 1.83. The van der Waals surface area contributed by atoms with Crippen LogP contribution in [0.4, 0.5) is 0 Å². The van der Waals surface area contributed by atoms with Crippen molar-refractivity contribution in [2.45, 2.75) is 0 Å². The summed E-state index contributed by atoms with van der Waals surface area (Å²) in [6, 6.07) is 6.98. The Morgan fingerprint density at radius 3 is 2.17 bits per heavy atom. The summed E-state index contributed by atoms with van der Waals surface area (Å²) in [5.41, 5.74) is 11.1. The van der Waals surface area contributed by atoms with Crippen LogP contribution in [-0.2, 0) is 9.59 Å². The lowest BCUT2D eigenvalue weighted by atomic mass is 10.2. The third kappa shape index (κ3) is 4.51. The maximum Gasteiger partial charge on any atom is 0.274 e. The van der Waals surface area contributed by atoms with Gasteiger partial charge < -0.3 is 16.4 Å². The maximum absolute atomic E-state index is 12.3. The van der Waals surface area contributed by atoms with Crippen LogP contribution in [0.1, 0.15) is 10.5 Å². The molecule has 0 aliphatic carbocycles. The van der Waals surface area contributed by atoms with Crippen LogP contribution in [0.3, 0.4) is 0 Å². The van der Waals surface area contributed by atoms with Crippen LogP contribution >= 0.6 is 22.9 Å². The molecule has 1 aromatic heterocycles. The number of primary amides is 2. The monoisotopic (exact) mass is 352 g/mol. The third-order valence-electron chi connectivity index (χ3n) is 2.80. The molecule has 1 heterocycles. The van der Waals surface area contributed by atoms with Gasteiger partial charge in [0.1, 0.15) is 23.8 Å². The van der Waals surface area contributed by atoms with Crippen molar-refractivity contribution >= 4 is 40.7 Å². The largest absolute Gasteiger partial charge is 0.368 e. The van der Waals surface area contributed by atoms with Gasteiger partial charge in [0, 0.05) is 16.0 Å². The van der Waals surface area contributed by atoms with E-state index in [0.29, 0.717) is 10.0 Å². The number of rotatable bonds is 6. The molecule has 0 saturated heterocycles. The highest BCUT2D eigenvalue weighted by atomic mass is 35.5. The minimum absolute atomic E-state index is 0.113. The average molecular weight is 353 g/mol. The first kappa shape index (κ1) is 16.9. The molecule has 0 spiro atoms. The Bertz CT molecular complexity index is 729. The normalized spacial score (nSPS) is 10.3. The molecule has 0 atom stereocenters. The van der Waals surface area contributed by atoms with Gasteiger partial charge >= 0.3 is 0 Å². The average Bonchev–Trinajstić information content (AvgIpc) is 2.95. The van der Waals surface area contributed by atoms with E-state index in [0.717, 1.165) is 10.5 Å². The molecule has 0 aliphatic rings. The first-order chi connectivity index (χ1) is 10.9. The number of nitrogens with two attached hydrogens (primary N) is 2. The molecule has 0 radical (unpaired) electrons. The number of hydrogen-bond donors (Lipinski definition) is 2. The molecule has 23 heavy (non-hydrogen) atoms. The molecule has 0 fully saturated rings. The minimum Gasteiger partial charge on any atom is -0.368 e. The number of thiazole rings is 1. The number of amides is 3. The quantitative estimate of drug-likeness (QED) is 0.801. The lowest BCUT2D eigenvalue weighted by Crippen LogP contribution is -2.43.